The summed E-state index contributed by atoms with van der Waals surface area (Å²) in [7, 11) is 0. The molecule has 100 valence electrons. The molecule has 1 saturated carbocycles. The van der Waals surface area contributed by atoms with Crippen molar-refractivity contribution in [2.45, 2.75) is 52.9 Å². The molecule has 1 fully saturated rings. The molecule has 2 N–H and O–H groups in total. The van der Waals surface area contributed by atoms with Gasteiger partial charge in [0.1, 0.15) is 0 Å². The van der Waals surface area contributed by atoms with Gasteiger partial charge < -0.3 is 10.4 Å². The normalized spacial score (nSPS) is 19.5. The largest absolute Gasteiger partial charge is 0.481 e. The lowest BCUT2D eigenvalue weighted by Crippen LogP contribution is -2.36. The van der Waals surface area contributed by atoms with Gasteiger partial charge >= 0.3 is 5.97 Å². The Morgan fingerprint density at radius 3 is 2.53 bits per heavy atom. The lowest BCUT2D eigenvalue weighted by molar-refractivity contribution is -0.137. The average molecular weight is 241 g/mol. The molecule has 0 aromatic rings. The lowest BCUT2D eigenvalue weighted by atomic mass is 9.77. The molecule has 1 aliphatic carbocycles. The highest BCUT2D eigenvalue weighted by molar-refractivity contribution is 5.66. The summed E-state index contributed by atoms with van der Waals surface area (Å²) < 4.78 is 0. The number of aliphatic carboxylic acids is 1. The maximum absolute atomic E-state index is 10.6. The summed E-state index contributed by atoms with van der Waals surface area (Å²) in [5, 5.41) is 12.1. The molecule has 0 saturated heterocycles. The van der Waals surface area contributed by atoms with Crippen molar-refractivity contribution in [1.29, 1.82) is 0 Å². The molecule has 17 heavy (non-hydrogen) atoms. The molecular formula is C14H27NO2. The van der Waals surface area contributed by atoms with E-state index in [1.165, 1.54) is 25.7 Å². The fourth-order valence-electron chi connectivity index (χ4n) is 2.86. The van der Waals surface area contributed by atoms with E-state index in [9.17, 15) is 4.79 Å². The molecule has 1 rings (SSSR count). The van der Waals surface area contributed by atoms with E-state index in [2.05, 4.69) is 19.2 Å². The Bertz CT molecular complexity index is 245. The molecule has 0 aromatic carbocycles. The van der Waals surface area contributed by atoms with E-state index in [-0.39, 0.29) is 12.3 Å². The molecule has 1 atom stereocenters. The molecule has 1 unspecified atom stereocenters. The standard InChI is InChI=1S/C14H27NO2/c1-11(8-13(16)17)9-15-10-14(2,3)12-6-4-5-7-12/h11-12,15H,4-10H2,1-3H3,(H,16,17). The summed E-state index contributed by atoms with van der Waals surface area (Å²) in [6, 6.07) is 0. The minimum atomic E-state index is -0.700. The number of nitrogens with one attached hydrogen (secondary N) is 1. The molecule has 0 amide bonds. The van der Waals surface area contributed by atoms with Gasteiger partial charge in [0.15, 0.2) is 0 Å². The summed E-state index contributed by atoms with van der Waals surface area (Å²) in [5.41, 5.74) is 0.347. The molecule has 0 bridgehead atoms. The van der Waals surface area contributed by atoms with Gasteiger partial charge in [0, 0.05) is 13.0 Å². The second-order valence-corrected chi connectivity index (χ2v) is 6.30. The van der Waals surface area contributed by atoms with Gasteiger partial charge in [-0.2, -0.15) is 0 Å². The van der Waals surface area contributed by atoms with E-state index in [0.717, 1.165) is 19.0 Å². The predicted molar refractivity (Wildman–Crippen MR) is 70.0 cm³/mol. The van der Waals surface area contributed by atoms with Crippen LogP contribution in [0.15, 0.2) is 0 Å². The second kappa shape index (κ2) is 6.39. The van der Waals surface area contributed by atoms with Crippen molar-refractivity contribution in [2.24, 2.45) is 17.3 Å². The summed E-state index contributed by atoms with van der Waals surface area (Å²) >= 11 is 0. The quantitative estimate of drug-likeness (QED) is 0.720. The first-order chi connectivity index (χ1) is 7.92. The van der Waals surface area contributed by atoms with E-state index >= 15 is 0 Å². The van der Waals surface area contributed by atoms with Gasteiger partial charge in [0.05, 0.1) is 0 Å². The van der Waals surface area contributed by atoms with Gasteiger partial charge in [0.2, 0.25) is 0 Å². The number of carboxylic acids is 1. The first-order valence-electron chi connectivity index (χ1n) is 6.84. The van der Waals surface area contributed by atoms with Crippen molar-refractivity contribution >= 4 is 5.97 Å². The van der Waals surface area contributed by atoms with Crippen LogP contribution >= 0.6 is 0 Å². The molecule has 0 radical (unpaired) electrons. The Kier molecular flexibility index (Phi) is 5.44. The maximum Gasteiger partial charge on any atom is 0.303 e. The van der Waals surface area contributed by atoms with Gasteiger partial charge in [-0.1, -0.05) is 33.6 Å². The summed E-state index contributed by atoms with van der Waals surface area (Å²) in [6.07, 6.45) is 5.74. The highest BCUT2D eigenvalue weighted by atomic mass is 16.4. The average Bonchev–Trinajstić information content (AvgIpc) is 2.68. The van der Waals surface area contributed by atoms with Crippen LogP contribution in [0.1, 0.15) is 52.9 Å². The van der Waals surface area contributed by atoms with Crippen LogP contribution in [-0.2, 0) is 4.79 Å². The van der Waals surface area contributed by atoms with Crippen molar-refractivity contribution in [1.82, 2.24) is 5.32 Å². The van der Waals surface area contributed by atoms with Gasteiger partial charge in [-0.05, 0) is 36.6 Å². The zero-order chi connectivity index (χ0) is 12.9. The molecule has 0 spiro atoms. The highest BCUT2D eigenvalue weighted by Gasteiger charge is 2.31. The Hall–Kier alpha value is -0.570. The van der Waals surface area contributed by atoms with Crippen LogP contribution < -0.4 is 5.32 Å². The monoisotopic (exact) mass is 241 g/mol. The van der Waals surface area contributed by atoms with Crippen LogP contribution in [0.25, 0.3) is 0 Å². The third-order valence-electron chi connectivity index (χ3n) is 4.06. The van der Waals surface area contributed by atoms with Crippen molar-refractivity contribution in [3.63, 3.8) is 0 Å². The third-order valence-corrected chi connectivity index (χ3v) is 4.06. The van der Waals surface area contributed by atoms with Gasteiger partial charge in [-0.25, -0.2) is 0 Å². The van der Waals surface area contributed by atoms with E-state index in [1.54, 1.807) is 0 Å². The van der Waals surface area contributed by atoms with Crippen molar-refractivity contribution in [3.8, 4) is 0 Å². The van der Waals surface area contributed by atoms with E-state index in [4.69, 9.17) is 5.11 Å². The molecular weight excluding hydrogens is 214 g/mol. The van der Waals surface area contributed by atoms with Crippen molar-refractivity contribution in [3.05, 3.63) is 0 Å². The van der Waals surface area contributed by atoms with Gasteiger partial charge in [-0.3, -0.25) is 4.79 Å². The molecule has 3 nitrogen and oxygen atoms in total. The minimum Gasteiger partial charge on any atom is -0.481 e. The van der Waals surface area contributed by atoms with E-state index in [1.807, 2.05) is 6.92 Å². The van der Waals surface area contributed by atoms with Crippen LogP contribution in [-0.4, -0.2) is 24.2 Å². The minimum absolute atomic E-state index is 0.215. The number of carboxylic acid groups (broad SMARTS) is 1. The molecule has 3 heteroatoms. The number of rotatable bonds is 7. The second-order valence-electron chi connectivity index (χ2n) is 6.30. The van der Waals surface area contributed by atoms with E-state index < -0.39 is 5.97 Å². The van der Waals surface area contributed by atoms with Crippen LogP contribution in [0.4, 0.5) is 0 Å². The Morgan fingerprint density at radius 2 is 2.00 bits per heavy atom. The zero-order valence-corrected chi connectivity index (χ0v) is 11.5. The zero-order valence-electron chi connectivity index (χ0n) is 11.5. The fourth-order valence-corrected chi connectivity index (χ4v) is 2.86. The Balaban J connectivity index is 2.22. The van der Waals surface area contributed by atoms with Crippen molar-refractivity contribution < 1.29 is 9.90 Å². The lowest BCUT2D eigenvalue weighted by Gasteiger charge is -2.32. The fraction of sp³-hybridized carbons (Fsp3) is 0.929. The number of hydrogen-bond acceptors (Lipinski definition) is 2. The number of hydrogen-bond donors (Lipinski definition) is 2. The summed E-state index contributed by atoms with van der Waals surface area (Å²) in [4.78, 5) is 10.6. The Morgan fingerprint density at radius 1 is 1.41 bits per heavy atom. The molecule has 0 aliphatic heterocycles. The SMILES string of the molecule is CC(CNCC(C)(C)C1CCCC1)CC(=O)O. The van der Waals surface area contributed by atoms with Crippen molar-refractivity contribution in [2.75, 3.05) is 13.1 Å². The number of carbonyl (C=O) groups is 1. The van der Waals surface area contributed by atoms with E-state index in [0.29, 0.717) is 5.41 Å². The van der Waals surface area contributed by atoms with Crippen LogP contribution in [0.3, 0.4) is 0 Å². The van der Waals surface area contributed by atoms with Crippen LogP contribution in [0, 0.1) is 17.3 Å². The summed E-state index contributed by atoms with van der Waals surface area (Å²) in [6.45, 7) is 8.46. The van der Waals surface area contributed by atoms with Gasteiger partial charge in [0.25, 0.3) is 0 Å². The Labute approximate surface area is 105 Å². The topological polar surface area (TPSA) is 49.3 Å². The first kappa shape index (κ1) is 14.5. The predicted octanol–water partition coefficient (Wildman–Crippen LogP) is 2.90. The molecule has 1 aliphatic rings. The van der Waals surface area contributed by atoms with Gasteiger partial charge in [-0.15, -0.1) is 0 Å². The highest BCUT2D eigenvalue weighted by Crippen LogP contribution is 2.38. The molecule has 0 aromatic heterocycles. The first-order valence-corrected chi connectivity index (χ1v) is 6.84. The van der Waals surface area contributed by atoms with Crippen LogP contribution in [0.2, 0.25) is 0 Å². The third kappa shape index (κ3) is 5.07. The van der Waals surface area contributed by atoms with Crippen LogP contribution in [0.5, 0.6) is 0 Å². The smallest absolute Gasteiger partial charge is 0.303 e. The maximum atomic E-state index is 10.6. The summed E-state index contributed by atoms with van der Waals surface area (Å²) in [5.74, 6) is 0.353. The molecule has 0 heterocycles.